The molecule has 0 aromatic heterocycles. The molecule has 1 aliphatic heterocycles. The van der Waals surface area contributed by atoms with Crippen LogP contribution in [-0.2, 0) is 16.1 Å². The molecule has 1 heterocycles. The van der Waals surface area contributed by atoms with Gasteiger partial charge in [-0.2, -0.15) is 0 Å². The number of hydrogen-bond donors (Lipinski definition) is 2. The van der Waals surface area contributed by atoms with Gasteiger partial charge in [-0.1, -0.05) is 44.2 Å². The Hall–Kier alpha value is -3.10. The van der Waals surface area contributed by atoms with Crippen molar-refractivity contribution in [1.29, 1.82) is 0 Å². The minimum Gasteiger partial charge on any atom is -0.467 e. The Morgan fingerprint density at radius 3 is 2.66 bits per heavy atom. The van der Waals surface area contributed by atoms with Crippen molar-refractivity contribution in [3.05, 3.63) is 65.2 Å². The standard InChI is InChI=1S/C27H36N2O6/c1-4-19(2)22-15-21(12-13-24(22)35-18-33-3)26(30)28-23-16-29(27(31)32)14-8-11-25(23)34-17-20-9-6-5-7-10-20/h5-7,9-10,12-13,15,19,23,25H,4,8,11,14,16-18H2,1-3H3,(H,28,30)(H,31,32)/t19?,23-,25-/m1/s1. The van der Waals surface area contributed by atoms with E-state index in [0.717, 1.165) is 17.5 Å². The number of nitrogens with one attached hydrogen (secondary N) is 1. The van der Waals surface area contributed by atoms with E-state index in [1.165, 1.54) is 4.90 Å². The lowest BCUT2D eigenvalue weighted by Crippen LogP contribution is -2.50. The van der Waals surface area contributed by atoms with Gasteiger partial charge in [-0.3, -0.25) is 4.79 Å². The number of amides is 2. The summed E-state index contributed by atoms with van der Waals surface area (Å²) in [4.78, 5) is 26.4. The molecule has 3 atom stereocenters. The number of rotatable bonds is 10. The molecule has 2 aromatic carbocycles. The van der Waals surface area contributed by atoms with Crippen LogP contribution in [0.4, 0.5) is 4.79 Å². The van der Waals surface area contributed by atoms with Gasteiger partial charge >= 0.3 is 6.09 Å². The quantitative estimate of drug-likeness (QED) is 0.477. The third-order valence-corrected chi connectivity index (χ3v) is 6.42. The number of benzene rings is 2. The van der Waals surface area contributed by atoms with Gasteiger partial charge < -0.3 is 29.5 Å². The number of carboxylic acid groups (broad SMARTS) is 1. The first-order valence-electron chi connectivity index (χ1n) is 12.1. The molecular formula is C27H36N2O6. The molecule has 1 unspecified atom stereocenters. The molecule has 2 aromatic rings. The van der Waals surface area contributed by atoms with Gasteiger partial charge in [0, 0.05) is 25.8 Å². The molecule has 0 radical (unpaired) electrons. The van der Waals surface area contributed by atoms with Crippen LogP contribution in [0.1, 0.15) is 60.5 Å². The minimum absolute atomic E-state index is 0.127. The lowest BCUT2D eigenvalue weighted by Gasteiger charge is -2.28. The monoisotopic (exact) mass is 484 g/mol. The fraction of sp³-hybridized carbons (Fsp3) is 0.481. The Morgan fingerprint density at radius 2 is 1.97 bits per heavy atom. The average molecular weight is 485 g/mol. The van der Waals surface area contributed by atoms with Gasteiger partial charge in [0.15, 0.2) is 6.79 Å². The third-order valence-electron chi connectivity index (χ3n) is 6.42. The van der Waals surface area contributed by atoms with Crippen LogP contribution >= 0.6 is 0 Å². The fourth-order valence-corrected chi connectivity index (χ4v) is 4.22. The van der Waals surface area contributed by atoms with E-state index < -0.39 is 12.1 Å². The lowest BCUT2D eigenvalue weighted by molar-refractivity contribution is 0.0106. The summed E-state index contributed by atoms with van der Waals surface area (Å²) in [6.07, 6.45) is 0.916. The van der Waals surface area contributed by atoms with Crippen LogP contribution in [0.3, 0.4) is 0 Å². The number of methoxy groups -OCH3 is 1. The maximum absolute atomic E-state index is 13.3. The van der Waals surface area contributed by atoms with Crippen LogP contribution in [0, 0.1) is 0 Å². The summed E-state index contributed by atoms with van der Waals surface area (Å²) in [5.74, 6) is 0.615. The predicted octanol–water partition coefficient (Wildman–Crippen LogP) is 4.64. The van der Waals surface area contributed by atoms with Crippen LogP contribution in [0.25, 0.3) is 0 Å². The smallest absolute Gasteiger partial charge is 0.407 e. The van der Waals surface area contributed by atoms with Crippen LogP contribution in [0.15, 0.2) is 48.5 Å². The number of hydrogen-bond acceptors (Lipinski definition) is 5. The van der Waals surface area contributed by atoms with Crippen LogP contribution in [0.2, 0.25) is 0 Å². The molecule has 2 amide bonds. The summed E-state index contributed by atoms with van der Waals surface area (Å²) < 4.78 is 16.9. The maximum Gasteiger partial charge on any atom is 0.407 e. The summed E-state index contributed by atoms with van der Waals surface area (Å²) in [6.45, 7) is 5.28. The van der Waals surface area contributed by atoms with E-state index in [-0.39, 0.29) is 31.3 Å². The molecule has 8 nitrogen and oxygen atoms in total. The summed E-state index contributed by atoms with van der Waals surface area (Å²) in [5.41, 5.74) is 2.46. The van der Waals surface area contributed by atoms with E-state index in [1.54, 1.807) is 19.2 Å². The fourth-order valence-electron chi connectivity index (χ4n) is 4.22. The Bertz CT molecular complexity index is 967. The Kier molecular flexibility index (Phi) is 9.93. The molecule has 2 N–H and O–H groups in total. The van der Waals surface area contributed by atoms with Gasteiger partial charge in [0.1, 0.15) is 5.75 Å². The molecule has 3 rings (SSSR count). The summed E-state index contributed by atoms with van der Waals surface area (Å²) in [6, 6.07) is 14.7. The molecule has 1 saturated heterocycles. The van der Waals surface area contributed by atoms with E-state index in [4.69, 9.17) is 14.2 Å². The van der Waals surface area contributed by atoms with Crippen molar-refractivity contribution in [3.8, 4) is 5.75 Å². The van der Waals surface area contributed by atoms with Crippen molar-refractivity contribution in [3.63, 3.8) is 0 Å². The Morgan fingerprint density at radius 1 is 1.20 bits per heavy atom. The van der Waals surface area contributed by atoms with Gasteiger partial charge in [-0.25, -0.2) is 4.79 Å². The second kappa shape index (κ2) is 13.1. The van der Waals surface area contributed by atoms with Crippen molar-refractivity contribution in [1.82, 2.24) is 10.2 Å². The highest BCUT2D eigenvalue weighted by atomic mass is 16.7. The molecule has 0 spiro atoms. The molecule has 190 valence electrons. The van der Waals surface area contributed by atoms with E-state index in [0.29, 0.717) is 37.3 Å². The number of carbonyl (C=O) groups excluding carboxylic acids is 1. The first-order chi connectivity index (χ1) is 16.9. The summed E-state index contributed by atoms with van der Waals surface area (Å²) >= 11 is 0. The molecular weight excluding hydrogens is 448 g/mol. The normalized spacial score (nSPS) is 19.0. The van der Waals surface area contributed by atoms with E-state index in [9.17, 15) is 14.7 Å². The van der Waals surface area contributed by atoms with Crippen LogP contribution in [0.5, 0.6) is 5.75 Å². The minimum atomic E-state index is -0.994. The zero-order chi connectivity index (χ0) is 25.2. The number of carbonyl (C=O) groups is 2. The topological polar surface area (TPSA) is 97.3 Å². The summed E-state index contributed by atoms with van der Waals surface area (Å²) in [5, 5.41) is 12.7. The Balaban J connectivity index is 1.79. The molecule has 35 heavy (non-hydrogen) atoms. The van der Waals surface area contributed by atoms with Crippen LogP contribution < -0.4 is 10.1 Å². The van der Waals surface area contributed by atoms with Gasteiger partial charge in [0.25, 0.3) is 5.91 Å². The molecule has 0 bridgehead atoms. The first kappa shape index (κ1) is 26.5. The van der Waals surface area contributed by atoms with Gasteiger partial charge in [-0.05, 0) is 54.5 Å². The molecule has 0 saturated carbocycles. The predicted molar refractivity (Wildman–Crippen MR) is 133 cm³/mol. The SMILES string of the molecule is CCC(C)c1cc(C(=O)N[C@@H]2CN(C(=O)O)CCC[C@H]2OCc2ccccc2)ccc1OCOC. The highest BCUT2D eigenvalue weighted by Gasteiger charge is 2.31. The largest absolute Gasteiger partial charge is 0.467 e. The second-order valence-electron chi connectivity index (χ2n) is 8.90. The highest BCUT2D eigenvalue weighted by molar-refractivity contribution is 5.95. The van der Waals surface area contributed by atoms with Gasteiger partial charge in [0.05, 0.1) is 18.8 Å². The van der Waals surface area contributed by atoms with E-state index >= 15 is 0 Å². The zero-order valence-corrected chi connectivity index (χ0v) is 20.7. The second-order valence-corrected chi connectivity index (χ2v) is 8.90. The van der Waals surface area contributed by atoms with Crippen molar-refractivity contribution >= 4 is 12.0 Å². The molecule has 8 heteroatoms. The van der Waals surface area contributed by atoms with E-state index in [1.807, 2.05) is 36.4 Å². The van der Waals surface area contributed by atoms with Gasteiger partial charge in [-0.15, -0.1) is 0 Å². The molecule has 1 fully saturated rings. The highest BCUT2D eigenvalue weighted by Crippen LogP contribution is 2.30. The number of likely N-dealkylation sites (tertiary alicyclic amines) is 1. The van der Waals surface area contributed by atoms with Crippen molar-refractivity contribution < 1.29 is 28.9 Å². The van der Waals surface area contributed by atoms with Crippen molar-refractivity contribution in [2.75, 3.05) is 27.0 Å². The van der Waals surface area contributed by atoms with E-state index in [2.05, 4.69) is 19.2 Å². The zero-order valence-electron chi connectivity index (χ0n) is 20.7. The van der Waals surface area contributed by atoms with Crippen LogP contribution in [-0.4, -0.2) is 61.1 Å². The molecule has 0 aliphatic carbocycles. The summed E-state index contributed by atoms with van der Waals surface area (Å²) in [7, 11) is 1.56. The van der Waals surface area contributed by atoms with Gasteiger partial charge in [0.2, 0.25) is 0 Å². The maximum atomic E-state index is 13.3. The van der Waals surface area contributed by atoms with Crippen molar-refractivity contribution in [2.45, 2.75) is 57.8 Å². The first-order valence-corrected chi connectivity index (χ1v) is 12.1. The Labute approximate surface area is 207 Å². The van der Waals surface area contributed by atoms with Crippen molar-refractivity contribution in [2.24, 2.45) is 0 Å². The number of nitrogens with zero attached hydrogens (tertiary/aromatic N) is 1. The average Bonchev–Trinajstić information content (AvgIpc) is 3.08. The third kappa shape index (κ3) is 7.44. The number of ether oxygens (including phenoxy) is 3. The lowest BCUT2D eigenvalue weighted by atomic mass is 9.95. The molecule has 1 aliphatic rings.